The van der Waals surface area contributed by atoms with Crippen LogP contribution in [-0.4, -0.2) is 31.3 Å². The summed E-state index contributed by atoms with van der Waals surface area (Å²) in [4.78, 5) is 7.90. The summed E-state index contributed by atoms with van der Waals surface area (Å²) in [5, 5.41) is 12.0. The summed E-state index contributed by atoms with van der Waals surface area (Å²) < 4.78 is 15.9. The van der Waals surface area contributed by atoms with Gasteiger partial charge in [-0.05, 0) is 17.7 Å². The smallest absolute Gasteiger partial charge is 0.221 e. The van der Waals surface area contributed by atoms with Crippen LogP contribution in [0, 0.1) is 10.8 Å². The molecule has 0 amide bonds. The molecule has 1 aromatic heterocycles. The molecule has 1 heterocycles. The van der Waals surface area contributed by atoms with Gasteiger partial charge in [-0.3, -0.25) is 0 Å². The third kappa shape index (κ3) is 4.10. The maximum atomic E-state index is 6.00. The largest absolute Gasteiger partial charge is 0.493 e. The van der Waals surface area contributed by atoms with Crippen LogP contribution in [0.1, 0.15) is 11.1 Å². The molecular formula is C14H18N6O3. The molecule has 9 heteroatoms. The first-order chi connectivity index (χ1) is 11.1. The lowest BCUT2D eigenvalue weighted by Crippen LogP contribution is -2.04. The highest BCUT2D eigenvalue weighted by molar-refractivity contribution is 5.55. The van der Waals surface area contributed by atoms with Crippen LogP contribution in [0.25, 0.3) is 0 Å². The molecule has 0 atom stereocenters. The van der Waals surface area contributed by atoms with Gasteiger partial charge in [0.25, 0.3) is 0 Å². The topological polar surface area (TPSA) is 153 Å². The quantitative estimate of drug-likeness (QED) is 0.776. The average molecular weight is 318 g/mol. The Morgan fingerprint density at radius 3 is 2.00 bits per heavy atom. The van der Waals surface area contributed by atoms with Crippen LogP contribution in [0.2, 0.25) is 0 Å². The Bertz CT molecular complexity index is 664. The second-order valence-corrected chi connectivity index (χ2v) is 4.35. The first kappa shape index (κ1) is 17.8. The molecule has 23 heavy (non-hydrogen) atoms. The van der Waals surface area contributed by atoms with E-state index in [0.29, 0.717) is 29.5 Å². The van der Waals surface area contributed by atoms with Crippen molar-refractivity contribution >= 4 is 11.8 Å². The number of aromatic nitrogens is 2. The van der Waals surface area contributed by atoms with Crippen LogP contribution in [-0.2, 0) is 6.42 Å². The Labute approximate surface area is 133 Å². The highest BCUT2D eigenvalue weighted by atomic mass is 16.5. The van der Waals surface area contributed by atoms with Crippen molar-refractivity contribution in [2.45, 2.75) is 6.42 Å². The molecule has 2 rings (SSSR count). The van der Waals surface area contributed by atoms with E-state index in [1.54, 1.807) is 27.5 Å². The van der Waals surface area contributed by atoms with Crippen molar-refractivity contribution < 1.29 is 14.2 Å². The fraction of sp³-hybridized carbons (Fsp3) is 0.286. The summed E-state index contributed by atoms with van der Waals surface area (Å²) >= 11 is 0. The van der Waals surface area contributed by atoms with Crippen molar-refractivity contribution in [1.82, 2.24) is 9.97 Å². The van der Waals surface area contributed by atoms with E-state index in [1.807, 2.05) is 12.1 Å². The van der Waals surface area contributed by atoms with E-state index in [9.17, 15) is 0 Å². The minimum atomic E-state index is 0.154. The summed E-state index contributed by atoms with van der Waals surface area (Å²) in [6.45, 7) is 0. The summed E-state index contributed by atoms with van der Waals surface area (Å²) in [6, 6.07) is 3.72. The fourth-order valence-electron chi connectivity index (χ4n) is 2.03. The van der Waals surface area contributed by atoms with Gasteiger partial charge in [0, 0.05) is 29.0 Å². The zero-order chi connectivity index (χ0) is 17.4. The number of nitrogens with two attached hydrogens (primary N) is 2. The van der Waals surface area contributed by atoms with E-state index in [2.05, 4.69) is 9.97 Å². The maximum absolute atomic E-state index is 6.00. The van der Waals surface area contributed by atoms with Crippen LogP contribution in [0.4, 0.5) is 11.8 Å². The molecular weight excluding hydrogens is 300 g/mol. The van der Waals surface area contributed by atoms with Gasteiger partial charge in [0.05, 0.1) is 21.3 Å². The predicted molar refractivity (Wildman–Crippen MR) is 83.2 cm³/mol. The molecule has 0 saturated carbocycles. The average Bonchev–Trinajstić information content (AvgIpc) is 2.58. The Kier molecular flexibility index (Phi) is 6.36. The van der Waals surface area contributed by atoms with Gasteiger partial charge in [0.2, 0.25) is 11.7 Å². The number of hydrogen-bond donors (Lipinski definition) is 2. The number of benzene rings is 1. The first-order valence-corrected chi connectivity index (χ1v) is 6.44. The molecule has 4 N–H and O–H groups in total. The Hall–Kier alpha value is -3.28. The molecule has 0 saturated heterocycles. The van der Waals surface area contributed by atoms with Gasteiger partial charge >= 0.3 is 0 Å². The second-order valence-electron chi connectivity index (χ2n) is 4.35. The number of nitrogen functional groups attached to an aromatic ring is 2. The maximum Gasteiger partial charge on any atom is 0.221 e. The van der Waals surface area contributed by atoms with Crippen molar-refractivity contribution in [1.29, 1.82) is 10.8 Å². The normalized spacial score (nSPS) is 9.43. The fourth-order valence-corrected chi connectivity index (χ4v) is 2.03. The molecule has 1 aromatic carbocycles. The molecule has 9 nitrogen and oxygen atoms in total. The van der Waals surface area contributed by atoms with Gasteiger partial charge in [-0.1, -0.05) is 0 Å². The monoisotopic (exact) mass is 318 g/mol. The Morgan fingerprint density at radius 1 is 1.00 bits per heavy atom. The lowest BCUT2D eigenvalue weighted by molar-refractivity contribution is 0.324. The molecule has 0 spiro atoms. The summed E-state index contributed by atoms with van der Waals surface area (Å²) in [6.07, 6.45) is 2.14. The van der Waals surface area contributed by atoms with Crippen molar-refractivity contribution in [3.8, 4) is 17.2 Å². The van der Waals surface area contributed by atoms with E-state index >= 15 is 0 Å². The van der Waals surface area contributed by atoms with E-state index in [-0.39, 0.29) is 5.95 Å². The summed E-state index contributed by atoms with van der Waals surface area (Å²) in [5.74, 6) is 2.23. The predicted octanol–water partition coefficient (Wildman–Crippen LogP) is 1.29. The van der Waals surface area contributed by atoms with Crippen molar-refractivity contribution in [2.75, 3.05) is 32.8 Å². The van der Waals surface area contributed by atoms with E-state index in [1.165, 1.54) is 0 Å². The standard InChI is InChI=1S/C14H18N4O3.N2/c1-19-10-5-8(6-11(20-2)12(10)21-3)4-9-7-17-14(16)18-13(9)15;1-2/h5-7H,4H2,1-3H3,(H4,15,16,17,18);. The highest BCUT2D eigenvalue weighted by Gasteiger charge is 2.14. The third-order valence-corrected chi connectivity index (χ3v) is 3.04. The molecule has 0 fully saturated rings. The van der Waals surface area contributed by atoms with Gasteiger partial charge in [-0.15, -0.1) is 0 Å². The number of methoxy groups -OCH3 is 3. The first-order valence-electron chi connectivity index (χ1n) is 6.44. The number of nitrogens with zero attached hydrogens (tertiary/aromatic N) is 4. The molecule has 0 aliphatic heterocycles. The molecule has 0 radical (unpaired) electrons. The molecule has 0 unspecified atom stereocenters. The number of anilines is 2. The van der Waals surface area contributed by atoms with Crippen molar-refractivity contribution in [2.24, 2.45) is 0 Å². The Balaban J connectivity index is 0.00000127. The minimum Gasteiger partial charge on any atom is -0.493 e. The summed E-state index contributed by atoms with van der Waals surface area (Å²) in [7, 11) is 4.70. The zero-order valence-electron chi connectivity index (χ0n) is 13.1. The molecule has 2 aromatic rings. The third-order valence-electron chi connectivity index (χ3n) is 3.04. The van der Waals surface area contributed by atoms with E-state index < -0.39 is 0 Å². The highest BCUT2D eigenvalue weighted by Crippen LogP contribution is 2.38. The van der Waals surface area contributed by atoms with Crippen LogP contribution in [0.15, 0.2) is 18.3 Å². The van der Waals surface area contributed by atoms with Crippen LogP contribution in [0.5, 0.6) is 17.2 Å². The molecule has 0 bridgehead atoms. The SMILES string of the molecule is COc1cc(Cc2cnc(N)nc2N)cc(OC)c1OC.N#N. The molecule has 0 aliphatic rings. The second kappa shape index (κ2) is 8.23. The van der Waals surface area contributed by atoms with Crippen LogP contribution < -0.4 is 25.7 Å². The van der Waals surface area contributed by atoms with E-state index in [4.69, 9.17) is 36.5 Å². The van der Waals surface area contributed by atoms with Gasteiger partial charge in [-0.25, -0.2) is 4.98 Å². The number of ether oxygens (including phenoxy) is 3. The van der Waals surface area contributed by atoms with Crippen molar-refractivity contribution in [3.63, 3.8) is 0 Å². The Morgan fingerprint density at radius 2 is 1.57 bits per heavy atom. The lowest BCUT2D eigenvalue weighted by atomic mass is 10.1. The lowest BCUT2D eigenvalue weighted by Gasteiger charge is -2.14. The van der Waals surface area contributed by atoms with Crippen LogP contribution in [0.3, 0.4) is 0 Å². The minimum absolute atomic E-state index is 0.154. The number of rotatable bonds is 5. The molecule has 122 valence electrons. The van der Waals surface area contributed by atoms with Gasteiger partial charge in [0.15, 0.2) is 11.5 Å². The molecule has 0 aliphatic carbocycles. The van der Waals surface area contributed by atoms with Gasteiger partial charge in [0.1, 0.15) is 5.82 Å². The van der Waals surface area contributed by atoms with E-state index in [0.717, 1.165) is 11.1 Å². The van der Waals surface area contributed by atoms with Gasteiger partial charge < -0.3 is 25.7 Å². The number of hydrogen-bond acceptors (Lipinski definition) is 9. The van der Waals surface area contributed by atoms with Crippen LogP contribution >= 0.6 is 0 Å². The zero-order valence-corrected chi connectivity index (χ0v) is 13.1. The summed E-state index contributed by atoms with van der Waals surface area (Å²) in [5.41, 5.74) is 13.1. The van der Waals surface area contributed by atoms with Crippen molar-refractivity contribution in [3.05, 3.63) is 29.5 Å². The van der Waals surface area contributed by atoms with Gasteiger partial charge in [-0.2, -0.15) is 4.98 Å².